The topological polar surface area (TPSA) is 73.0 Å². The van der Waals surface area contributed by atoms with E-state index in [0.29, 0.717) is 5.56 Å². The molecule has 0 bridgehead atoms. The Morgan fingerprint density at radius 3 is 2.33 bits per heavy atom. The first-order chi connectivity index (χ1) is 15.7. The number of carbonyl (C=O) groups is 1. The van der Waals surface area contributed by atoms with Crippen molar-refractivity contribution in [1.29, 1.82) is 0 Å². The van der Waals surface area contributed by atoms with Crippen LogP contribution in [0.25, 0.3) is 0 Å². The summed E-state index contributed by atoms with van der Waals surface area (Å²) in [5.74, 6) is 0.806. The number of methoxy groups -OCH3 is 1. The van der Waals surface area contributed by atoms with E-state index in [1.54, 1.807) is 13.3 Å². The number of amides is 1. The normalized spacial score (nSPS) is 16.3. The lowest BCUT2D eigenvalue weighted by Crippen LogP contribution is -2.47. The third kappa shape index (κ3) is 5.81. The van der Waals surface area contributed by atoms with E-state index in [4.69, 9.17) is 4.74 Å². The molecular formula is C24H35ClN6O2. The average molecular weight is 475 g/mol. The van der Waals surface area contributed by atoms with Crippen LogP contribution in [0.2, 0.25) is 0 Å². The number of hydrogen-bond acceptors (Lipinski definition) is 7. The molecule has 2 aromatic rings. The van der Waals surface area contributed by atoms with E-state index in [1.165, 1.54) is 0 Å². The minimum atomic E-state index is -0.0903. The smallest absolute Gasteiger partial charge is 0.269 e. The fraction of sp³-hybridized carbons (Fsp3) is 0.500. The summed E-state index contributed by atoms with van der Waals surface area (Å²) < 4.78 is 5.55. The number of anilines is 3. The summed E-state index contributed by atoms with van der Waals surface area (Å²) in [5, 5.41) is 5.51. The highest BCUT2D eigenvalue weighted by Crippen LogP contribution is 2.32. The fourth-order valence-corrected chi connectivity index (χ4v) is 4.41. The van der Waals surface area contributed by atoms with Crippen molar-refractivity contribution in [2.24, 2.45) is 0 Å². The van der Waals surface area contributed by atoms with Gasteiger partial charge < -0.3 is 19.9 Å². The van der Waals surface area contributed by atoms with Gasteiger partial charge in [-0.15, -0.1) is 12.4 Å². The van der Waals surface area contributed by atoms with Crippen LogP contribution in [0.1, 0.15) is 36.5 Å². The van der Waals surface area contributed by atoms with Crippen molar-refractivity contribution in [3.8, 4) is 5.75 Å². The van der Waals surface area contributed by atoms with Gasteiger partial charge in [-0.2, -0.15) is 0 Å². The van der Waals surface area contributed by atoms with Crippen LogP contribution in [0.3, 0.4) is 0 Å². The number of halogens is 1. The Balaban J connectivity index is 0.00000306. The maximum atomic E-state index is 13.1. The molecule has 8 nitrogen and oxygen atoms in total. The number of piperazine rings is 1. The first-order valence-corrected chi connectivity index (χ1v) is 11.6. The summed E-state index contributed by atoms with van der Waals surface area (Å²) in [7, 11) is 1.71. The van der Waals surface area contributed by atoms with Crippen LogP contribution in [0, 0.1) is 0 Å². The molecule has 0 spiro atoms. The molecule has 9 heteroatoms. The second-order valence-electron chi connectivity index (χ2n) is 8.29. The van der Waals surface area contributed by atoms with Gasteiger partial charge in [0.25, 0.3) is 5.91 Å². The number of rotatable bonds is 8. The van der Waals surface area contributed by atoms with Crippen LogP contribution < -0.4 is 25.3 Å². The lowest BCUT2D eigenvalue weighted by molar-refractivity contribution is 0.0826. The molecule has 0 unspecified atom stereocenters. The second kappa shape index (κ2) is 12.0. The Morgan fingerprint density at radius 2 is 1.67 bits per heavy atom. The Morgan fingerprint density at radius 1 is 1.00 bits per heavy atom. The number of ether oxygens (including phenoxy) is 1. The predicted molar refractivity (Wildman–Crippen MR) is 136 cm³/mol. The Bertz CT molecular complexity index is 914. The van der Waals surface area contributed by atoms with Gasteiger partial charge in [0.2, 0.25) is 0 Å². The molecule has 2 N–H and O–H groups in total. The number of hydrogen-bond donors (Lipinski definition) is 2. The Kier molecular flexibility index (Phi) is 9.03. The van der Waals surface area contributed by atoms with Gasteiger partial charge in [0.1, 0.15) is 5.75 Å². The highest BCUT2D eigenvalue weighted by atomic mass is 35.5. The average Bonchev–Trinajstić information content (AvgIpc) is 3.35. The van der Waals surface area contributed by atoms with Gasteiger partial charge >= 0.3 is 0 Å². The van der Waals surface area contributed by atoms with Gasteiger partial charge in [-0.3, -0.25) is 15.2 Å². The zero-order chi connectivity index (χ0) is 22.3. The third-order valence-electron chi connectivity index (χ3n) is 6.13. The van der Waals surface area contributed by atoms with Crippen molar-refractivity contribution < 1.29 is 9.53 Å². The van der Waals surface area contributed by atoms with Crippen LogP contribution >= 0.6 is 12.4 Å². The van der Waals surface area contributed by atoms with Crippen molar-refractivity contribution in [3.63, 3.8) is 0 Å². The minimum Gasteiger partial charge on any atom is -0.495 e. The van der Waals surface area contributed by atoms with Crippen LogP contribution in [0.5, 0.6) is 5.75 Å². The molecule has 2 fully saturated rings. The zero-order valence-electron chi connectivity index (χ0n) is 19.5. The molecule has 1 amide bonds. The number of hydrazine groups is 1. The van der Waals surface area contributed by atoms with Gasteiger partial charge in [0, 0.05) is 52.0 Å². The molecule has 4 rings (SSSR count). The number of carbonyl (C=O) groups excluding carboxylic acids is 1. The van der Waals surface area contributed by atoms with E-state index >= 15 is 0 Å². The largest absolute Gasteiger partial charge is 0.495 e. The van der Waals surface area contributed by atoms with E-state index in [9.17, 15) is 4.79 Å². The summed E-state index contributed by atoms with van der Waals surface area (Å²) in [6.07, 6.45) is 6.78. The van der Waals surface area contributed by atoms with E-state index < -0.39 is 0 Å². The van der Waals surface area contributed by atoms with Gasteiger partial charge in [0.05, 0.1) is 35.9 Å². The van der Waals surface area contributed by atoms with Crippen molar-refractivity contribution >= 4 is 35.4 Å². The Labute approximate surface area is 202 Å². The standard InChI is InChI=1S/C24H34N6O2.ClH/c1-3-10-26-23-19(24(31)27-30-11-6-7-12-30)17-25-18-21(23)29-15-13-28(14-16-29)20-8-4-5-9-22(20)32-2;/h4-5,8-9,17-18H,3,6-7,10-16H2,1-2H3,(H,25,26)(H,27,31);1H. The molecule has 2 aliphatic rings. The molecule has 0 aliphatic carbocycles. The molecular weight excluding hydrogens is 440 g/mol. The summed E-state index contributed by atoms with van der Waals surface area (Å²) in [5.41, 5.74) is 6.66. The summed E-state index contributed by atoms with van der Waals surface area (Å²) >= 11 is 0. The molecule has 3 heterocycles. The number of benzene rings is 1. The van der Waals surface area contributed by atoms with Gasteiger partial charge in [-0.05, 0) is 31.4 Å². The monoisotopic (exact) mass is 474 g/mol. The maximum absolute atomic E-state index is 13.1. The zero-order valence-corrected chi connectivity index (χ0v) is 20.4. The molecule has 2 aliphatic heterocycles. The van der Waals surface area contributed by atoms with Crippen molar-refractivity contribution in [2.75, 3.05) is 68.0 Å². The SMILES string of the molecule is CCCNc1c(C(=O)NN2CCCC2)cncc1N1CCN(c2ccccc2OC)CC1.Cl. The van der Waals surface area contributed by atoms with E-state index in [2.05, 4.69) is 38.5 Å². The second-order valence-corrected chi connectivity index (χ2v) is 8.29. The van der Waals surface area contributed by atoms with Gasteiger partial charge in [-0.25, -0.2) is 5.01 Å². The van der Waals surface area contributed by atoms with Crippen LogP contribution in [-0.4, -0.2) is 68.8 Å². The molecule has 1 aromatic heterocycles. The maximum Gasteiger partial charge on any atom is 0.269 e. The minimum absolute atomic E-state index is 0. The quantitative estimate of drug-likeness (QED) is 0.607. The van der Waals surface area contributed by atoms with Crippen LogP contribution in [0.15, 0.2) is 36.7 Å². The summed E-state index contributed by atoms with van der Waals surface area (Å²) in [4.78, 5) is 22.2. The molecule has 2 saturated heterocycles. The molecule has 0 radical (unpaired) electrons. The number of nitrogens with zero attached hydrogens (tertiary/aromatic N) is 4. The van der Waals surface area contributed by atoms with Crippen molar-refractivity contribution in [2.45, 2.75) is 26.2 Å². The molecule has 0 saturated carbocycles. The molecule has 0 atom stereocenters. The van der Waals surface area contributed by atoms with E-state index in [0.717, 1.165) is 87.9 Å². The van der Waals surface area contributed by atoms with E-state index in [1.807, 2.05) is 29.4 Å². The van der Waals surface area contributed by atoms with Crippen molar-refractivity contribution in [1.82, 2.24) is 15.4 Å². The molecule has 33 heavy (non-hydrogen) atoms. The summed E-state index contributed by atoms with van der Waals surface area (Å²) in [6, 6.07) is 8.15. The highest BCUT2D eigenvalue weighted by molar-refractivity contribution is 6.02. The third-order valence-corrected chi connectivity index (χ3v) is 6.13. The first-order valence-electron chi connectivity index (χ1n) is 11.6. The van der Waals surface area contributed by atoms with Gasteiger partial charge in [-0.1, -0.05) is 19.1 Å². The van der Waals surface area contributed by atoms with E-state index in [-0.39, 0.29) is 18.3 Å². The first kappa shape index (κ1) is 24.9. The molecule has 1 aromatic carbocycles. The fourth-order valence-electron chi connectivity index (χ4n) is 4.41. The number of aromatic nitrogens is 1. The highest BCUT2D eigenvalue weighted by Gasteiger charge is 2.25. The number of para-hydroxylation sites is 2. The van der Waals surface area contributed by atoms with Crippen LogP contribution in [-0.2, 0) is 0 Å². The lowest BCUT2D eigenvalue weighted by Gasteiger charge is -2.38. The van der Waals surface area contributed by atoms with Crippen LogP contribution in [0.4, 0.5) is 17.1 Å². The molecule has 180 valence electrons. The number of nitrogens with one attached hydrogen (secondary N) is 2. The van der Waals surface area contributed by atoms with Crippen molar-refractivity contribution in [3.05, 3.63) is 42.2 Å². The number of pyridine rings is 1. The lowest BCUT2D eigenvalue weighted by atomic mass is 10.1. The predicted octanol–water partition coefficient (Wildman–Crippen LogP) is 3.40. The van der Waals surface area contributed by atoms with Gasteiger partial charge in [0.15, 0.2) is 0 Å². The Hall–Kier alpha value is -2.71. The summed E-state index contributed by atoms with van der Waals surface area (Å²) in [6.45, 7) is 8.18.